The first-order chi connectivity index (χ1) is 10.1. The van der Waals surface area contributed by atoms with Crippen LogP contribution in [0.4, 0.5) is 13.2 Å². The van der Waals surface area contributed by atoms with Crippen LogP contribution in [0.3, 0.4) is 0 Å². The summed E-state index contributed by atoms with van der Waals surface area (Å²) in [5.41, 5.74) is -0.0609. The third-order valence-electron chi connectivity index (χ3n) is 3.89. The number of halogens is 3. The minimum Gasteiger partial charge on any atom is -0.490 e. The fraction of sp³-hybridized carbons (Fsp3) is 0.500. The number of carbonyl (C=O) groups is 1. The molecule has 0 spiro atoms. The Kier molecular flexibility index (Phi) is 3.28. The van der Waals surface area contributed by atoms with E-state index in [1.807, 2.05) is 0 Å². The van der Waals surface area contributed by atoms with E-state index in [4.69, 9.17) is 4.74 Å². The van der Waals surface area contributed by atoms with E-state index in [0.717, 1.165) is 12.3 Å². The number of sulfone groups is 1. The van der Waals surface area contributed by atoms with E-state index in [0.29, 0.717) is 0 Å². The Labute approximate surface area is 125 Å². The predicted octanol–water partition coefficient (Wildman–Crippen LogP) is 2.34. The van der Waals surface area contributed by atoms with Crippen molar-refractivity contribution in [2.75, 3.05) is 6.26 Å². The fourth-order valence-corrected chi connectivity index (χ4v) is 3.71. The molecule has 0 amide bonds. The number of hydrogen-bond acceptors (Lipinski definition) is 4. The molecule has 8 heteroatoms. The van der Waals surface area contributed by atoms with Crippen LogP contribution < -0.4 is 4.74 Å². The SMILES string of the molecule is CS(=O)(=O)c1ccc(OC2CC(F)(F)C2)c2c1C(=O)C(F)C2. The van der Waals surface area contributed by atoms with Crippen molar-refractivity contribution in [2.24, 2.45) is 0 Å². The normalized spacial score (nSPS) is 24.0. The van der Waals surface area contributed by atoms with Crippen molar-refractivity contribution < 1.29 is 31.1 Å². The maximum Gasteiger partial charge on any atom is 0.255 e. The molecule has 1 fully saturated rings. The van der Waals surface area contributed by atoms with Gasteiger partial charge in [0.1, 0.15) is 11.9 Å². The summed E-state index contributed by atoms with van der Waals surface area (Å²) in [5, 5.41) is 0. The van der Waals surface area contributed by atoms with Gasteiger partial charge in [-0.1, -0.05) is 0 Å². The molecule has 0 heterocycles. The Morgan fingerprint density at radius 3 is 2.45 bits per heavy atom. The van der Waals surface area contributed by atoms with Crippen LogP contribution in [0.5, 0.6) is 5.75 Å². The highest BCUT2D eigenvalue weighted by Crippen LogP contribution is 2.42. The van der Waals surface area contributed by atoms with Gasteiger partial charge in [0, 0.05) is 36.6 Å². The highest BCUT2D eigenvalue weighted by molar-refractivity contribution is 7.90. The molecule has 2 aliphatic rings. The van der Waals surface area contributed by atoms with Crippen LogP contribution in [-0.4, -0.2) is 38.7 Å². The molecular formula is C14H13F3O4S. The number of hydrogen-bond donors (Lipinski definition) is 0. The summed E-state index contributed by atoms with van der Waals surface area (Å²) in [6.07, 6.45) is -2.80. The molecular weight excluding hydrogens is 321 g/mol. The molecule has 2 aliphatic carbocycles. The number of alkyl halides is 3. The van der Waals surface area contributed by atoms with E-state index in [2.05, 4.69) is 0 Å². The number of fused-ring (bicyclic) bond motifs is 1. The zero-order chi connectivity index (χ0) is 16.3. The van der Waals surface area contributed by atoms with E-state index < -0.39 is 46.7 Å². The average Bonchev–Trinajstić information content (AvgIpc) is 2.63. The number of benzene rings is 1. The Hall–Kier alpha value is -1.57. The number of ether oxygens (including phenoxy) is 1. The average molecular weight is 334 g/mol. The molecule has 0 bridgehead atoms. The van der Waals surface area contributed by atoms with Gasteiger partial charge in [-0.2, -0.15) is 0 Å². The summed E-state index contributed by atoms with van der Waals surface area (Å²) in [7, 11) is -3.70. The topological polar surface area (TPSA) is 60.4 Å². The molecule has 0 N–H and O–H groups in total. The van der Waals surface area contributed by atoms with Gasteiger partial charge in [0.15, 0.2) is 21.8 Å². The van der Waals surface area contributed by atoms with E-state index in [9.17, 15) is 26.4 Å². The maximum atomic E-state index is 13.7. The number of rotatable bonds is 3. The smallest absolute Gasteiger partial charge is 0.255 e. The Morgan fingerprint density at radius 2 is 1.91 bits per heavy atom. The molecule has 1 unspecified atom stereocenters. The highest BCUT2D eigenvalue weighted by Gasteiger charge is 2.47. The van der Waals surface area contributed by atoms with Crippen molar-refractivity contribution in [3.05, 3.63) is 23.3 Å². The second-order valence-electron chi connectivity index (χ2n) is 5.73. The van der Waals surface area contributed by atoms with Crippen LogP contribution in [0.15, 0.2) is 17.0 Å². The van der Waals surface area contributed by atoms with Gasteiger partial charge in [-0.15, -0.1) is 0 Å². The molecule has 1 atom stereocenters. The van der Waals surface area contributed by atoms with Gasteiger partial charge >= 0.3 is 0 Å². The standard InChI is InChI=1S/C14H13F3O4S/c1-22(19,20)11-3-2-10(21-7-5-14(16,17)6-7)8-4-9(15)13(18)12(8)11/h2-3,7,9H,4-6H2,1H3. The Morgan fingerprint density at radius 1 is 1.27 bits per heavy atom. The first kappa shape index (κ1) is 15.3. The van der Waals surface area contributed by atoms with Gasteiger partial charge in [-0.25, -0.2) is 21.6 Å². The van der Waals surface area contributed by atoms with Crippen LogP contribution in [0, 0.1) is 0 Å². The van der Waals surface area contributed by atoms with E-state index in [1.165, 1.54) is 6.07 Å². The lowest BCUT2D eigenvalue weighted by atomic mass is 9.91. The number of carbonyl (C=O) groups excluding carboxylic acids is 1. The molecule has 1 saturated carbocycles. The van der Waals surface area contributed by atoms with Crippen molar-refractivity contribution in [1.82, 2.24) is 0 Å². The van der Waals surface area contributed by atoms with Crippen molar-refractivity contribution in [1.29, 1.82) is 0 Å². The fourth-order valence-electron chi connectivity index (χ4n) is 2.80. The zero-order valence-corrected chi connectivity index (χ0v) is 12.4. The summed E-state index contributed by atoms with van der Waals surface area (Å²) in [6, 6.07) is 2.47. The summed E-state index contributed by atoms with van der Waals surface area (Å²) in [4.78, 5) is 11.6. The number of Topliss-reactive ketones (excluding diaryl/α,β-unsaturated/α-hetero) is 1. The van der Waals surface area contributed by atoms with E-state index in [1.54, 1.807) is 0 Å². The molecule has 0 radical (unpaired) electrons. The van der Waals surface area contributed by atoms with Gasteiger partial charge in [0.05, 0.1) is 4.90 Å². The summed E-state index contributed by atoms with van der Waals surface area (Å²) in [5.74, 6) is -3.56. The Bertz CT molecular complexity index is 750. The third kappa shape index (κ3) is 2.49. The van der Waals surface area contributed by atoms with Crippen molar-refractivity contribution >= 4 is 15.6 Å². The quantitative estimate of drug-likeness (QED) is 0.851. The summed E-state index contributed by atoms with van der Waals surface area (Å²) < 4.78 is 68.2. The zero-order valence-electron chi connectivity index (χ0n) is 11.6. The van der Waals surface area contributed by atoms with E-state index >= 15 is 0 Å². The molecule has 0 aromatic heterocycles. The van der Waals surface area contributed by atoms with Gasteiger partial charge in [-0.3, -0.25) is 4.79 Å². The highest BCUT2D eigenvalue weighted by atomic mass is 32.2. The second-order valence-corrected chi connectivity index (χ2v) is 7.71. The Balaban J connectivity index is 1.99. The van der Waals surface area contributed by atoms with Gasteiger partial charge in [-0.05, 0) is 12.1 Å². The molecule has 1 aromatic rings. The van der Waals surface area contributed by atoms with Gasteiger partial charge in [0.25, 0.3) is 5.92 Å². The number of ketones is 1. The molecule has 120 valence electrons. The molecule has 1 aromatic carbocycles. The largest absolute Gasteiger partial charge is 0.490 e. The molecule has 4 nitrogen and oxygen atoms in total. The predicted molar refractivity (Wildman–Crippen MR) is 71.1 cm³/mol. The van der Waals surface area contributed by atoms with Crippen molar-refractivity contribution in [3.8, 4) is 5.75 Å². The molecule has 0 saturated heterocycles. The lowest BCUT2D eigenvalue weighted by Gasteiger charge is -2.35. The minimum absolute atomic E-state index is 0.108. The van der Waals surface area contributed by atoms with Crippen LogP contribution in [0.25, 0.3) is 0 Å². The van der Waals surface area contributed by atoms with Gasteiger partial charge in [0.2, 0.25) is 0 Å². The lowest BCUT2D eigenvalue weighted by Crippen LogP contribution is -2.43. The maximum absolute atomic E-state index is 13.7. The lowest BCUT2D eigenvalue weighted by molar-refractivity contribution is -0.134. The van der Waals surface area contributed by atoms with Crippen LogP contribution in [0.2, 0.25) is 0 Å². The summed E-state index contributed by atoms with van der Waals surface area (Å²) in [6.45, 7) is 0. The molecule has 0 aliphatic heterocycles. The minimum atomic E-state index is -3.70. The van der Waals surface area contributed by atoms with Crippen LogP contribution in [-0.2, 0) is 16.3 Å². The van der Waals surface area contributed by atoms with Crippen LogP contribution in [0.1, 0.15) is 28.8 Å². The first-order valence-corrected chi connectivity index (χ1v) is 8.56. The summed E-state index contributed by atoms with van der Waals surface area (Å²) >= 11 is 0. The van der Waals surface area contributed by atoms with E-state index in [-0.39, 0.29) is 28.2 Å². The molecule has 22 heavy (non-hydrogen) atoms. The molecule has 3 rings (SSSR count). The van der Waals surface area contributed by atoms with Crippen molar-refractivity contribution in [2.45, 2.75) is 42.4 Å². The second kappa shape index (κ2) is 4.71. The van der Waals surface area contributed by atoms with Crippen molar-refractivity contribution in [3.63, 3.8) is 0 Å². The van der Waals surface area contributed by atoms with Crippen LogP contribution >= 0.6 is 0 Å². The first-order valence-electron chi connectivity index (χ1n) is 6.67. The monoisotopic (exact) mass is 334 g/mol. The van der Waals surface area contributed by atoms with Gasteiger partial charge < -0.3 is 4.74 Å². The third-order valence-corrected chi connectivity index (χ3v) is 5.03.